The topological polar surface area (TPSA) is 57.1 Å². The van der Waals surface area contributed by atoms with E-state index in [1.165, 1.54) is 11.3 Å². The summed E-state index contributed by atoms with van der Waals surface area (Å²) in [7, 11) is 1.62. The van der Waals surface area contributed by atoms with E-state index in [1.807, 2.05) is 25.2 Å². The quantitative estimate of drug-likeness (QED) is 0.467. The highest BCUT2D eigenvalue weighted by Gasteiger charge is 2.18. The number of thiazole rings is 1. The molecule has 0 fully saturated rings. The van der Waals surface area contributed by atoms with Crippen molar-refractivity contribution in [3.63, 3.8) is 0 Å². The van der Waals surface area contributed by atoms with Crippen molar-refractivity contribution in [1.29, 1.82) is 0 Å². The maximum Gasteiger partial charge on any atom is 0.177 e. The Bertz CT molecular complexity index is 1260. The zero-order valence-corrected chi connectivity index (χ0v) is 16.4. The molecule has 4 aromatic rings. The minimum absolute atomic E-state index is 0.0285. The van der Waals surface area contributed by atoms with Crippen molar-refractivity contribution in [2.24, 2.45) is 0 Å². The standard InChI is InChI=1S/C21H16FN3O2S/c1-5-27-16-8-17-19(12(3)18(16)22)25-21(28-17)14-6-11(2)7-15-20(14)23-9-13(24-15)10-26-4/h1,6-9H,10H2,2-4H3. The molecule has 0 unspecified atom stereocenters. The van der Waals surface area contributed by atoms with Crippen LogP contribution >= 0.6 is 11.3 Å². The van der Waals surface area contributed by atoms with Crippen LogP contribution in [0.4, 0.5) is 4.39 Å². The number of aromatic nitrogens is 3. The number of methoxy groups -OCH3 is 1. The lowest BCUT2D eigenvalue weighted by molar-refractivity contribution is 0.181. The first-order valence-corrected chi connectivity index (χ1v) is 9.31. The van der Waals surface area contributed by atoms with Crippen molar-refractivity contribution in [2.45, 2.75) is 20.5 Å². The van der Waals surface area contributed by atoms with E-state index in [0.717, 1.165) is 37.6 Å². The van der Waals surface area contributed by atoms with Crippen molar-refractivity contribution in [3.05, 3.63) is 47.0 Å². The van der Waals surface area contributed by atoms with E-state index in [2.05, 4.69) is 15.0 Å². The van der Waals surface area contributed by atoms with Crippen LogP contribution in [0.15, 0.2) is 24.4 Å². The van der Waals surface area contributed by atoms with Gasteiger partial charge in [-0.15, -0.1) is 11.3 Å². The smallest absolute Gasteiger partial charge is 0.177 e. The first-order valence-electron chi connectivity index (χ1n) is 8.49. The lowest BCUT2D eigenvalue weighted by Crippen LogP contribution is -1.96. The molecule has 2 aromatic heterocycles. The van der Waals surface area contributed by atoms with Crippen LogP contribution in [0.2, 0.25) is 0 Å². The molecule has 28 heavy (non-hydrogen) atoms. The highest BCUT2D eigenvalue weighted by Crippen LogP contribution is 2.38. The molecule has 0 aliphatic rings. The van der Waals surface area contributed by atoms with Crippen molar-refractivity contribution in [3.8, 4) is 28.9 Å². The fraction of sp³-hybridized carbons (Fsp3) is 0.190. The Labute approximate surface area is 165 Å². The summed E-state index contributed by atoms with van der Waals surface area (Å²) in [6, 6.07) is 5.57. The van der Waals surface area contributed by atoms with Crippen molar-refractivity contribution in [1.82, 2.24) is 15.0 Å². The van der Waals surface area contributed by atoms with Gasteiger partial charge in [0.2, 0.25) is 0 Å². The third-order valence-corrected chi connectivity index (χ3v) is 5.38. The summed E-state index contributed by atoms with van der Waals surface area (Å²) in [5.74, 6) is -0.471. The van der Waals surface area contributed by atoms with Crippen LogP contribution in [-0.4, -0.2) is 22.1 Å². The van der Waals surface area contributed by atoms with E-state index < -0.39 is 5.82 Å². The summed E-state index contributed by atoms with van der Waals surface area (Å²) in [5.41, 5.74) is 5.13. The van der Waals surface area contributed by atoms with Gasteiger partial charge in [-0.05, 0) is 31.5 Å². The molecule has 0 bridgehead atoms. The number of terminal acetylenes is 1. The van der Waals surface area contributed by atoms with Crippen LogP contribution in [0.1, 0.15) is 16.8 Å². The number of hydrogen-bond donors (Lipinski definition) is 0. The van der Waals surface area contributed by atoms with Gasteiger partial charge in [0.15, 0.2) is 11.6 Å². The van der Waals surface area contributed by atoms with Gasteiger partial charge in [0, 0.05) is 24.3 Å². The summed E-state index contributed by atoms with van der Waals surface area (Å²) in [4.78, 5) is 13.9. The van der Waals surface area contributed by atoms with Gasteiger partial charge in [-0.25, -0.2) is 14.4 Å². The molecular weight excluding hydrogens is 377 g/mol. The number of nitrogens with zero attached hydrogens (tertiary/aromatic N) is 3. The number of halogens is 1. The van der Waals surface area contributed by atoms with E-state index in [9.17, 15) is 4.39 Å². The average molecular weight is 393 g/mol. The molecule has 0 amide bonds. The third-order valence-electron chi connectivity index (χ3n) is 4.35. The zero-order valence-electron chi connectivity index (χ0n) is 15.5. The predicted molar refractivity (Wildman–Crippen MR) is 108 cm³/mol. The second-order valence-corrected chi connectivity index (χ2v) is 7.40. The van der Waals surface area contributed by atoms with Gasteiger partial charge in [0.1, 0.15) is 11.1 Å². The lowest BCUT2D eigenvalue weighted by atomic mass is 10.1. The Hall–Kier alpha value is -3.08. The molecule has 0 N–H and O–H groups in total. The largest absolute Gasteiger partial charge is 0.405 e. The van der Waals surface area contributed by atoms with E-state index in [1.54, 1.807) is 26.3 Å². The molecule has 0 atom stereocenters. The zero-order chi connectivity index (χ0) is 19.8. The first-order chi connectivity index (χ1) is 13.5. The Balaban J connectivity index is 1.93. The molecule has 2 heterocycles. The maximum atomic E-state index is 14.5. The number of benzene rings is 2. The molecule has 7 heteroatoms. The molecule has 0 saturated heterocycles. The molecule has 140 valence electrons. The van der Waals surface area contributed by atoms with Gasteiger partial charge < -0.3 is 9.47 Å². The lowest BCUT2D eigenvalue weighted by Gasteiger charge is -2.06. The van der Waals surface area contributed by atoms with Crippen molar-refractivity contribution >= 4 is 32.6 Å². The Morgan fingerprint density at radius 2 is 2.00 bits per heavy atom. The normalized spacial score (nSPS) is 11.1. The second kappa shape index (κ2) is 7.15. The molecule has 2 aromatic carbocycles. The van der Waals surface area contributed by atoms with Gasteiger partial charge in [-0.3, -0.25) is 4.98 Å². The number of fused-ring (bicyclic) bond motifs is 2. The van der Waals surface area contributed by atoms with Crippen molar-refractivity contribution in [2.75, 3.05) is 7.11 Å². The third kappa shape index (κ3) is 3.07. The summed E-state index contributed by atoms with van der Waals surface area (Å²) >= 11 is 1.43. The summed E-state index contributed by atoms with van der Waals surface area (Å²) in [6.45, 7) is 4.05. The van der Waals surface area contributed by atoms with Crippen molar-refractivity contribution < 1.29 is 13.9 Å². The van der Waals surface area contributed by atoms with Crippen LogP contribution < -0.4 is 4.74 Å². The van der Waals surface area contributed by atoms with E-state index >= 15 is 0 Å². The highest BCUT2D eigenvalue weighted by molar-refractivity contribution is 7.21. The maximum absolute atomic E-state index is 14.5. The SMILES string of the molecule is C#COc1cc2sc(-c3cc(C)cc4nc(COC)cnc34)nc2c(C)c1F. The number of hydrogen-bond acceptors (Lipinski definition) is 6. The second-order valence-electron chi connectivity index (χ2n) is 6.37. The summed E-state index contributed by atoms with van der Waals surface area (Å²) in [6.07, 6.45) is 8.87. The molecule has 0 radical (unpaired) electrons. The number of rotatable bonds is 4. The van der Waals surface area contributed by atoms with E-state index in [0.29, 0.717) is 17.7 Å². The summed E-state index contributed by atoms with van der Waals surface area (Å²) < 4.78 is 25.4. The Morgan fingerprint density at radius 3 is 2.75 bits per heavy atom. The van der Waals surface area contributed by atoms with Gasteiger partial charge >= 0.3 is 0 Å². The van der Waals surface area contributed by atoms with Crippen LogP contribution in [-0.2, 0) is 11.3 Å². The van der Waals surface area contributed by atoms with Gasteiger partial charge in [-0.2, -0.15) is 0 Å². The monoisotopic (exact) mass is 393 g/mol. The minimum Gasteiger partial charge on any atom is -0.405 e. The fourth-order valence-electron chi connectivity index (χ4n) is 3.11. The predicted octanol–water partition coefficient (Wildman–Crippen LogP) is 4.78. The molecule has 5 nitrogen and oxygen atoms in total. The fourth-order valence-corrected chi connectivity index (χ4v) is 4.18. The highest BCUT2D eigenvalue weighted by atomic mass is 32.1. The van der Waals surface area contributed by atoms with Gasteiger partial charge in [0.25, 0.3) is 0 Å². The molecule has 0 aliphatic carbocycles. The van der Waals surface area contributed by atoms with Crippen LogP contribution in [0.3, 0.4) is 0 Å². The minimum atomic E-state index is -0.500. The number of ether oxygens (including phenoxy) is 2. The van der Waals surface area contributed by atoms with E-state index in [-0.39, 0.29) is 5.75 Å². The molecule has 4 rings (SSSR count). The molecule has 0 spiro atoms. The Kier molecular flexibility index (Phi) is 4.67. The van der Waals surface area contributed by atoms with Crippen LogP contribution in [0, 0.1) is 32.2 Å². The molecular formula is C21H16FN3O2S. The molecule has 0 saturated carbocycles. The Morgan fingerprint density at radius 1 is 1.18 bits per heavy atom. The number of aryl methyl sites for hydroxylation is 2. The van der Waals surface area contributed by atoms with Gasteiger partial charge in [-0.1, -0.05) is 6.42 Å². The molecule has 0 aliphatic heterocycles. The van der Waals surface area contributed by atoms with Crippen LogP contribution in [0.5, 0.6) is 5.75 Å². The average Bonchev–Trinajstić information content (AvgIpc) is 3.09. The summed E-state index contributed by atoms with van der Waals surface area (Å²) in [5, 5.41) is 0.734. The van der Waals surface area contributed by atoms with E-state index in [4.69, 9.17) is 15.9 Å². The van der Waals surface area contributed by atoms with Gasteiger partial charge in [0.05, 0.1) is 39.7 Å². The first kappa shape index (κ1) is 18.3. The van der Waals surface area contributed by atoms with Crippen LogP contribution in [0.25, 0.3) is 31.8 Å².